The highest BCUT2D eigenvalue weighted by Crippen LogP contribution is 2.25. The Kier molecular flexibility index (Phi) is 10.2. The van der Waals surface area contributed by atoms with Gasteiger partial charge < -0.3 is 21.1 Å². The van der Waals surface area contributed by atoms with Crippen molar-refractivity contribution in [2.75, 3.05) is 26.2 Å². The minimum absolute atomic E-state index is 0.111. The van der Waals surface area contributed by atoms with Crippen LogP contribution in [0.3, 0.4) is 0 Å². The zero-order valence-corrected chi connectivity index (χ0v) is 24.9. The van der Waals surface area contributed by atoms with Crippen molar-refractivity contribution in [3.05, 3.63) is 114 Å². The van der Waals surface area contributed by atoms with E-state index in [1.165, 1.54) is 5.56 Å². The normalized spacial score (nSPS) is 14.5. The second kappa shape index (κ2) is 14.7. The smallest absolute Gasteiger partial charge is 0.245 e. The van der Waals surface area contributed by atoms with Crippen LogP contribution in [0.2, 0.25) is 0 Å². The highest BCUT2D eigenvalue weighted by atomic mass is 16.3. The largest absolute Gasteiger partial charge is 0.508 e. The lowest BCUT2D eigenvalue weighted by molar-refractivity contribution is -0.135. The van der Waals surface area contributed by atoms with E-state index in [0.29, 0.717) is 32.4 Å². The predicted octanol–water partition coefficient (Wildman–Crippen LogP) is 4.10. The molecular weight excluding hydrogens is 552 g/mol. The molecule has 4 aromatic carbocycles. The Balaban J connectivity index is 1.16. The van der Waals surface area contributed by atoms with Crippen molar-refractivity contribution in [1.82, 2.24) is 20.9 Å². The van der Waals surface area contributed by atoms with Crippen LogP contribution < -0.4 is 16.0 Å². The highest BCUT2D eigenvalue weighted by Gasteiger charge is 2.42. The maximum Gasteiger partial charge on any atom is 0.245 e. The van der Waals surface area contributed by atoms with E-state index in [1.807, 2.05) is 66.7 Å². The number of phenols is 1. The monoisotopic (exact) mass is 592 g/mol. The van der Waals surface area contributed by atoms with Crippen molar-refractivity contribution in [3.63, 3.8) is 0 Å². The van der Waals surface area contributed by atoms with E-state index in [-0.39, 0.29) is 49.4 Å². The maximum absolute atomic E-state index is 13.6. The van der Waals surface area contributed by atoms with Gasteiger partial charge in [0, 0.05) is 39.1 Å². The van der Waals surface area contributed by atoms with Gasteiger partial charge in [-0.2, -0.15) is 0 Å². The Labute approximate surface area is 258 Å². The van der Waals surface area contributed by atoms with Gasteiger partial charge in [0.1, 0.15) is 11.3 Å². The quantitative estimate of drug-likeness (QED) is 0.185. The molecule has 1 aliphatic heterocycles. The number of carbonyl (C=O) groups excluding carboxylic acids is 3. The van der Waals surface area contributed by atoms with Gasteiger partial charge in [0.15, 0.2) is 0 Å². The molecule has 44 heavy (non-hydrogen) atoms. The van der Waals surface area contributed by atoms with Crippen LogP contribution in [0.5, 0.6) is 5.75 Å². The second-order valence-electron chi connectivity index (χ2n) is 11.5. The van der Waals surface area contributed by atoms with Gasteiger partial charge in [-0.1, -0.05) is 84.9 Å². The summed E-state index contributed by atoms with van der Waals surface area (Å²) in [7, 11) is 0. The lowest BCUT2D eigenvalue weighted by atomic mass is 9.85. The number of hydrogen-bond donors (Lipinski definition) is 4. The van der Waals surface area contributed by atoms with E-state index >= 15 is 0 Å². The third kappa shape index (κ3) is 8.23. The summed E-state index contributed by atoms with van der Waals surface area (Å²) >= 11 is 0. The third-order valence-electron chi connectivity index (χ3n) is 8.29. The SMILES string of the molecule is O=C(Cc1cccc2ccccc12)NCCNC(=O)C1(NC(=O)CCc2cccc(O)c2)CCN(Cc2ccccc2)CC1. The molecule has 0 spiro atoms. The van der Waals surface area contributed by atoms with E-state index < -0.39 is 5.54 Å². The Morgan fingerprint density at radius 3 is 2.23 bits per heavy atom. The molecule has 4 N–H and O–H groups in total. The average molecular weight is 593 g/mol. The first-order valence-corrected chi connectivity index (χ1v) is 15.3. The Morgan fingerprint density at radius 2 is 1.43 bits per heavy atom. The molecular formula is C36H40N4O4. The zero-order chi connectivity index (χ0) is 30.8. The van der Waals surface area contributed by atoms with Crippen molar-refractivity contribution in [2.45, 2.75) is 44.2 Å². The molecule has 0 radical (unpaired) electrons. The van der Waals surface area contributed by atoms with Crippen molar-refractivity contribution >= 4 is 28.5 Å². The number of likely N-dealkylation sites (tertiary alicyclic amines) is 1. The molecule has 1 heterocycles. The van der Waals surface area contributed by atoms with Crippen LogP contribution in [0.1, 0.15) is 36.0 Å². The summed E-state index contributed by atoms with van der Waals surface area (Å²) in [5, 5.41) is 20.9. The number of benzene rings is 4. The van der Waals surface area contributed by atoms with Gasteiger partial charge in [0.2, 0.25) is 17.7 Å². The minimum Gasteiger partial charge on any atom is -0.508 e. The van der Waals surface area contributed by atoms with Crippen molar-refractivity contribution in [2.24, 2.45) is 0 Å². The van der Waals surface area contributed by atoms with Gasteiger partial charge in [-0.15, -0.1) is 0 Å². The first-order valence-electron chi connectivity index (χ1n) is 15.3. The molecule has 0 unspecified atom stereocenters. The van der Waals surface area contributed by atoms with E-state index in [0.717, 1.165) is 28.4 Å². The maximum atomic E-state index is 13.6. The third-order valence-corrected chi connectivity index (χ3v) is 8.29. The van der Waals surface area contributed by atoms with Crippen LogP contribution in [0.25, 0.3) is 10.8 Å². The number of rotatable bonds is 12. The molecule has 0 aliphatic carbocycles. The lowest BCUT2D eigenvalue weighted by Gasteiger charge is -2.41. The van der Waals surface area contributed by atoms with Gasteiger partial charge >= 0.3 is 0 Å². The Hall–Kier alpha value is -4.69. The molecule has 4 aromatic rings. The summed E-state index contributed by atoms with van der Waals surface area (Å²) in [6, 6.07) is 31.0. The topological polar surface area (TPSA) is 111 Å². The number of hydrogen-bond acceptors (Lipinski definition) is 5. The standard InChI is InChI=1S/C36H40N4O4/c41-31-14-6-10-27(24-31)16-17-33(42)39-36(18-22-40(23-19-36)26-28-8-2-1-3-9-28)35(44)38-21-20-37-34(43)25-30-13-7-12-29-11-4-5-15-32(29)30/h1-15,24,41H,16-23,25-26H2,(H,37,43)(H,38,44)(H,39,42). The lowest BCUT2D eigenvalue weighted by Crippen LogP contribution is -2.63. The fourth-order valence-corrected chi connectivity index (χ4v) is 5.87. The number of amides is 3. The number of phenolic OH excluding ortho intramolecular Hbond substituents is 1. The molecule has 1 saturated heterocycles. The highest BCUT2D eigenvalue weighted by molar-refractivity contribution is 5.92. The summed E-state index contributed by atoms with van der Waals surface area (Å²) < 4.78 is 0. The Bertz CT molecular complexity index is 1580. The molecule has 8 nitrogen and oxygen atoms in total. The number of fused-ring (bicyclic) bond motifs is 1. The number of nitrogens with zero attached hydrogens (tertiary/aromatic N) is 1. The number of piperidine rings is 1. The van der Waals surface area contributed by atoms with Gasteiger partial charge in [0.25, 0.3) is 0 Å². The van der Waals surface area contributed by atoms with Gasteiger partial charge in [-0.3, -0.25) is 19.3 Å². The molecule has 1 aliphatic rings. The van der Waals surface area contributed by atoms with E-state index in [9.17, 15) is 19.5 Å². The summed E-state index contributed by atoms with van der Waals surface area (Å²) in [5.74, 6) is -0.386. The van der Waals surface area contributed by atoms with Gasteiger partial charge in [-0.25, -0.2) is 0 Å². The van der Waals surface area contributed by atoms with Crippen LogP contribution in [-0.2, 0) is 33.8 Å². The molecule has 228 valence electrons. The summed E-state index contributed by atoms with van der Waals surface area (Å²) in [5.41, 5.74) is 1.99. The first-order chi connectivity index (χ1) is 21.4. The van der Waals surface area contributed by atoms with Crippen molar-refractivity contribution in [3.8, 4) is 5.75 Å². The number of nitrogens with one attached hydrogen (secondary N) is 3. The molecule has 0 saturated carbocycles. The number of aromatic hydroxyl groups is 1. The molecule has 8 heteroatoms. The van der Waals surface area contributed by atoms with E-state index in [2.05, 4.69) is 33.0 Å². The summed E-state index contributed by atoms with van der Waals surface area (Å²) in [4.78, 5) is 41.7. The zero-order valence-electron chi connectivity index (χ0n) is 24.9. The molecule has 0 aromatic heterocycles. The molecule has 0 bridgehead atoms. The van der Waals surface area contributed by atoms with Gasteiger partial charge in [-0.05, 0) is 58.9 Å². The average Bonchev–Trinajstić information content (AvgIpc) is 3.04. The molecule has 5 rings (SSSR count). The fourth-order valence-electron chi connectivity index (χ4n) is 5.87. The van der Waals surface area contributed by atoms with Crippen molar-refractivity contribution in [1.29, 1.82) is 0 Å². The van der Waals surface area contributed by atoms with Crippen LogP contribution in [-0.4, -0.2) is 59.4 Å². The fraction of sp³-hybridized carbons (Fsp3) is 0.306. The molecule has 1 fully saturated rings. The van der Waals surface area contributed by atoms with E-state index in [1.54, 1.807) is 18.2 Å². The predicted molar refractivity (Wildman–Crippen MR) is 172 cm³/mol. The van der Waals surface area contributed by atoms with Crippen LogP contribution in [0.4, 0.5) is 0 Å². The Morgan fingerprint density at radius 1 is 0.750 bits per heavy atom. The van der Waals surface area contributed by atoms with E-state index in [4.69, 9.17) is 0 Å². The summed E-state index contributed by atoms with van der Waals surface area (Å²) in [6.45, 7) is 2.66. The van der Waals surface area contributed by atoms with Crippen LogP contribution in [0.15, 0.2) is 97.1 Å². The van der Waals surface area contributed by atoms with Gasteiger partial charge in [0.05, 0.1) is 6.42 Å². The van der Waals surface area contributed by atoms with Crippen LogP contribution >= 0.6 is 0 Å². The number of aryl methyl sites for hydroxylation is 1. The van der Waals surface area contributed by atoms with Crippen LogP contribution in [0, 0.1) is 0 Å². The minimum atomic E-state index is -1.03. The number of carbonyl (C=O) groups is 3. The van der Waals surface area contributed by atoms with Crippen molar-refractivity contribution < 1.29 is 19.5 Å². The molecule has 3 amide bonds. The summed E-state index contributed by atoms with van der Waals surface area (Å²) in [6.07, 6.45) is 1.89. The second-order valence-corrected chi connectivity index (χ2v) is 11.5. The first kappa shape index (κ1) is 30.8. The molecule has 0 atom stereocenters.